The lowest BCUT2D eigenvalue weighted by Crippen LogP contribution is -2.07. The number of oxazole rings is 1. The van der Waals surface area contributed by atoms with E-state index in [-0.39, 0.29) is 5.91 Å². The van der Waals surface area contributed by atoms with Crippen LogP contribution in [0.25, 0.3) is 34.2 Å². The van der Waals surface area contributed by atoms with Crippen LogP contribution in [-0.4, -0.2) is 26.1 Å². The van der Waals surface area contributed by atoms with Crippen molar-refractivity contribution in [1.29, 1.82) is 0 Å². The molecule has 7 nitrogen and oxygen atoms in total. The van der Waals surface area contributed by atoms with Crippen LogP contribution in [0.2, 0.25) is 5.02 Å². The molecule has 3 heterocycles. The minimum Gasteiger partial charge on any atom is -0.434 e. The summed E-state index contributed by atoms with van der Waals surface area (Å²) in [5, 5.41) is 10.1. The molecule has 2 N–H and O–H groups in total. The second kappa shape index (κ2) is 7.28. The number of aromatic amines is 1. The van der Waals surface area contributed by atoms with Crippen molar-refractivity contribution in [2.45, 2.75) is 13.8 Å². The van der Waals surface area contributed by atoms with Gasteiger partial charge in [0.15, 0.2) is 5.76 Å². The fourth-order valence-corrected chi connectivity index (χ4v) is 3.06. The van der Waals surface area contributed by atoms with E-state index in [9.17, 15) is 4.79 Å². The quantitative estimate of drug-likeness (QED) is 0.523. The molecule has 1 amide bonds. The lowest BCUT2D eigenvalue weighted by atomic mass is 10.1. The average molecular weight is 394 g/mol. The number of amides is 1. The Hall–Kier alpha value is -3.45. The van der Waals surface area contributed by atoms with Crippen molar-refractivity contribution in [3.8, 4) is 34.2 Å². The van der Waals surface area contributed by atoms with Crippen LogP contribution in [0.5, 0.6) is 0 Å². The van der Waals surface area contributed by atoms with E-state index >= 15 is 0 Å². The highest BCUT2D eigenvalue weighted by Crippen LogP contribution is 2.38. The molecule has 0 aliphatic carbocycles. The van der Waals surface area contributed by atoms with Gasteiger partial charge in [-0.1, -0.05) is 29.8 Å². The number of aryl methyl sites for hydroxylation is 1. The summed E-state index contributed by atoms with van der Waals surface area (Å²) < 4.78 is 6.11. The van der Waals surface area contributed by atoms with Gasteiger partial charge in [-0.15, -0.1) is 0 Å². The van der Waals surface area contributed by atoms with E-state index in [1.165, 1.54) is 6.92 Å². The van der Waals surface area contributed by atoms with Crippen LogP contribution in [0.3, 0.4) is 0 Å². The number of hydrogen-bond acceptors (Lipinski definition) is 5. The number of halogens is 1. The van der Waals surface area contributed by atoms with Crippen LogP contribution in [-0.2, 0) is 4.79 Å². The number of aromatic nitrogens is 4. The van der Waals surface area contributed by atoms with Crippen LogP contribution in [0.1, 0.15) is 12.5 Å². The predicted octanol–water partition coefficient (Wildman–Crippen LogP) is 4.71. The summed E-state index contributed by atoms with van der Waals surface area (Å²) in [6, 6.07) is 11.0. The van der Waals surface area contributed by atoms with Crippen molar-refractivity contribution >= 4 is 23.3 Å². The zero-order valence-corrected chi connectivity index (χ0v) is 15.9. The molecule has 28 heavy (non-hydrogen) atoms. The van der Waals surface area contributed by atoms with Crippen molar-refractivity contribution in [3.63, 3.8) is 0 Å². The molecule has 0 unspecified atom stereocenters. The number of carbonyl (C=O) groups is 1. The van der Waals surface area contributed by atoms with Gasteiger partial charge in [-0.25, -0.2) is 9.97 Å². The molecule has 140 valence electrons. The van der Waals surface area contributed by atoms with E-state index in [1.807, 2.05) is 25.1 Å². The van der Waals surface area contributed by atoms with Gasteiger partial charge in [0.1, 0.15) is 17.2 Å². The molecular formula is C20H16ClN5O2. The number of hydrogen-bond donors (Lipinski definition) is 2. The highest BCUT2D eigenvalue weighted by Gasteiger charge is 2.21. The normalized spacial score (nSPS) is 10.8. The van der Waals surface area contributed by atoms with E-state index in [0.29, 0.717) is 33.9 Å². The summed E-state index contributed by atoms with van der Waals surface area (Å²) in [6.45, 7) is 3.33. The zero-order chi connectivity index (χ0) is 19.7. The predicted molar refractivity (Wildman–Crippen MR) is 107 cm³/mol. The number of H-pyrrole nitrogens is 1. The Kier molecular flexibility index (Phi) is 4.67. The summed E-state index contributed by atoms with van der Waals surface area (Å²) >= 11 is 6.40. The first kappa shape index (κ1) is 17.9. The average Bonchev–Trinajstić information content (AvgIpc) is 3.32. The van der Waals surface area contributed by atoms with Crippen LogP contribution in [0.15, 0.2) is 53.2 Å². The van der Waals surface area contributed by atoms with Gasteiger partial charge in [-0.3, -0.25) is 9.89 Å². The van der Waals surface area contributed by atoms with Crippen molar-refractivity contribution in [2.75, 3.05) is 5.32 Å². The maximum absolute atomic E-state index is 11.4. The van der Waals surface area contributed by atoms with Gasteiger partial charge in [0.2, 0.25) is 11.8 Å². The SMILES string of the molecule is CC(=O)Nc1cc(-c2nc(-c3ccccc3Cl)c(-c3ccn[nH]3)o2)c(C)cn1. The summed E-state index contributed by atoms with van der Waals surface area (Å²) in [6.07, 6.45) is 3.30. The van der Waals surface area contributed by atoms with Crippen LogP contribution < -0.4 is 5.32 Å². The Morgan fingerprint density at radius 3 is 2.75 bits per heavy atom. The molecule has 4 rings (SSSR count). The Bertz CT molecular complexity index is 1150. The molecular weight excluding hydrogens is 378 g/mol. The van der Waals surface area contributed by atoms with E-state index in [0.717, 1.165) is 16.7 Å². The minimum atomic E-state index is -0.204. The first-order chi connectivity index (χ1) is 13.5. The fourth-order valence-electron chi connectivity index (χ4n) is 2.84. The van der Waals surface area contributed by atoms with Crippen molar-refractivity contribution in [1.82, 2.24) is 20.2 Å². The number of anilines is 1. The molecule has 0 radical (unpaired) electrons. The first-order valence-electron chi connectivity index (χ1n) is 8.53. The Balaban J connectivity index is 1.90. The van der Waals surface area contributed by atoms with Gasteiger partial charge in [0.25, 0.3) is 0 Å². The molecule has 0 saturated carbocycles. The van der Waals surface area contributed by atoms with Crippen LogP contribution in [0.4, 0.5) is 5.82 Å². The minimum absolute atomic E-state index is 0.204. The Labute approximate surface area is 165 Å². The number of nitrogens with zero attached hydrogens (tertiary/aromatic N) is 3. The maximum atomic E-state index is 11.4. The number of benzene rings is 1. The Morgan fingerprint density at radius 1 is 1.21 bits per heavy atom. The molecule has 0 aliphatic rings. The summed E-state index contributed by atoms with van der Waals surface area (Å²) in [4.78, 5) is 20.3. The second-order valence-corrected chi connectivity index (χ2v) is 6.62. The molecule has 8 heteroatoms. The third kappa shape index (κ3) is 3.39. The zero-order valence-electron chi connectivity index (χ0n) is 15.2. The molecule has 0 atom stereocenters. The maximum Gasteiger partial charge on any atom is 0.227 e. The van der Waals surface area contributed by atoms with E-state index in [1.54, 1.807) is 30.6 Å². The third-order valence-electron chi connectivity index (χ3n) is 4.14. The highest BCUT2D eigenvalue weighted by molar-refractivity contribution is 6.33. The number of nitrogens with one attached hydrogen (secondary N) is 2. The van der Waals surface area contributed by atoms with Gasteiger partial charge in [-0.05, 0) is 30.7 Å². The van der Waals surface area contributed by atoms with Crippen LogP contribution >= 0.6 is 11.6 Å². The lowest BCUT2D eigenvalue weighted by Gasteiger charge is -2.05. The molecule has 0 fully saturated rings. The van der Waals surface area contributed by atoms with Gasteiger partial charge in [-0.2, -0.15) is 5.10 Å². The molecule has 0 bridgehead atoms. The van der Waals surface area contributed by atoms with Gasteiger partial charge >= 0.3 is 0 Å². The number of rotatable bonds is 4. The van der Waals surface area contributed by atoms with Crippen molar-refractivity contribution in [3.05, 3.63) is 59.4 Å². The summed E-state index contributed by atoms with van der Waals surface area (Å²) in [5.74, 6) is 1.14. The third-order valence-corrected chi connectivity index (χ3v) is 4.47. The lowest BCUT2D eigenvalue weighted by molar-refractivity contribution is -0.114. The first-order valence-corrected chi connectivity index (χ1v) is 8.91. The molecule has 0 saturated heterocycles. The van der Waals surface area contributed by atoms with E-state index in [2.05, 4.69) is 20.5 Å². The van der Waals surface area contributed by atoms with Gasteiger partial charge < -0.3 is 9.73 Å². The molecule has 4 aromatic rings. The molecule has 0 spiro atoms. The van der Waals surface area contributed by atoms with Crippen molar-refractivity contribution in [2.24, 2.45) is 0 Å². The summed E-state index contributed by atoms with van der Waals surface area (Å²) in [5.41, 5.74) is 3.61. The Morgan fingerprint density at radius 2 is 2.04 bits per heavy atom. The second-order valence-electron chi connectivity index (χ2n) is 6.21. The van der Waals surface area contributed by atoms with E-state index in [4.69, 9.17) is 21.0 Å². The van der Waals surface area contributed by atoms with Gasteiger partial charge in [0.05, 0.1) is 5.02 Å². The van der Waals surface area contributed by atoms with Gasteiger partial charge in [0, 0.05) is 30.4 Å². The monoisotopic (exact) mass is 393 g/mol. The fraction of sp³-hybridized carbons (Fsp3) is 0.100. The highest BCUT2D eigenvalue weighted by atomic mass is 35.5. The topological polar surface area (TPSA) is 96.7 Å². The van der Waals surface area contributed by atoms with Crippen molar-refractivity contribution < 1.29 is 9.21 Å². The molecule has 3 aromatic heterocycles. The van der Waals surface area contributed by atoms with Crippen LogP contribution in [0, 0.1) is 6.92 Å². The standard InChI is InChI=1S/C20H16ClN5O2/c1-11-10-22-17(24-12(2)27)9-14(11)20-25-18(13-5-3-4-6-15(13)21)19(28-20)16-7-8-23-26-16/h3-10H,1-2H3,(H,23,26)(H,22,24,27). The largest absolute Gasteiger partial charge is 0.434 e. The molecule has 1 aromatic carbocycles. The number of pyridine rings is 1. The number of carbonyl (C=O) groups excluding carboxylic acids is 1. The van der Waals surface area contributed by atoms with E-state index < -0.39 is 0 Å². The molecule has 0 aliphatic heterocycles. The smallest absolute Gasteiger partial charge is 0.227 e. The summed E-state index contributed by atoms with van der Waals surface area (Å²) in [7, 11) is 0.